The molecule has 0 bridgehead atoms. The van der Waals surface area contributed by atoms with Gasteiger partial charge in [-0.1, -0.05) is 0 Å². The van der Waals surface area contributed by atoms with E-state index in [0.717, 1.165) is 19.6 Å². The van der Waals surface area contributed by atoms with Gasteiger partial charge in [-0.05, 0) is 26.7 Å². The first-order valence-corrected chi connectivity index (χ1v) is 6.32. The lowest BCUT2D eigenvalue weighted by Gasteiger charge is -2.35. The Kier molecular flexibility index (Phi) is 3.82. The maximum Gasteiger partial charge on any atom is 0.224 e. The highest BCUT2D eigenvalue weighted by Gasteiger charge is 2.26. The smallest absolute Gasteiger partial charge is 0.224 e. The Morgan fingerprint density at radius 1 is 1.31 bits per heavy atom. The third-order valence-electron chi connectivity index (χ3n) is 3.12. The van der Waals surface area contributed by atoms with E-state index in [2.05, 4.69) is 5.32 Å². The van der Waals surface area contributed by atoms with Crippen molar-refractivity contribution in [1.82, 2.24) is 10.2 Å². The molecule has 4 nitrogen and oxygen atoms in total. The molecule has 1 aliphatic heterocycles. The molecule has 0 aromatic heterocycles. The SMILES string of the molecule is CC1CN(C(=O)CCNC2CC2)CC(C)O1. The number of rotatable bonds is 4. The maximum atomic E-state index is 11.9. The number of hydrogen-bond acceptors (Lipinski definition) is 3. The summed E-state index contributed by atoms with van der Waals surface area (Å²) in [5, 5.41) is 3.37. The summed E-state index contributed by atoms with van der Waals surface area (Å²) in [6.45, 7) is 6.36. The fourth-order valence-electron chi connectivity index (χ4n) is 2.21. The topological polar surface area (TPSA) is 41.6 Å². The summed E-state index contributed by atoms with van der Waals surface area (Å²) in [7, 11) is 0. The van der Waals surface area contributed by atoms with E-state index in [-0.39, 0.29) is 18.1 Å². The molecule has 1 saturated carbocycles. The molecule has 2 atom stereocenters. The van der Waals surface area contributed by atoms with E-state index in [0.29, 0.717) is 12.5 Å². The summed E-state index contributed by atoms with van der Waals surface area (Å²) in [6.07, 6.45) is 3.52. The van der Waals surface area contributed by atoms with Gasteiger partial charge in [0.2, 0.25) is 5.91 Å². The molecule has 1 saturated heterocycles. The first-order chi connectivity index (χ1) is 7.65. The first kappa shape index (κ1) is 11.9. The van der Waals surface area contributed by atoms with Gasteiger partial charge in [0.25, 0.3) is 0 Å². The minimum Gasteiger partial charge on any atom is -0.372 e. The molecule has 0 aromatic rings. The van der Waals surface area contributed by atoms with E-state index in [9.17, 15) is 4.79 Å². The van der Waals surface area contributed by atoms with Gasteiger partial charge in [-0.2, -0.15) is 0 Å². The van der Waals surface area contributed by atoms with Crippen LogP contribution in [0.5, 0.6) is 0 Å². The quantitative estimate of drug-likeness (QED) is 0.769. The Morgan fingerprint density at radius 3 is 2.50 bits per heavy atom. The fourth-order valence-corrected chi connectivity index (χ4v) is 2.21. The zero-order chi connectivity index (χ0) is 11.5. The van der Waals surface area contributed by atoms with Crippen LogP contribution in [0, 0.1) is 0 Å². The summed E-state index contributed by atoms with van der Waals surface area (Å²) < 4.78 is 5.61. The molecule has 16 heavy (non-hydrogen) atoms. The lowest BCUT2D eigenvalue weighted by atomic mass is 10.2. The molecule has 1 amide bonds. The Bertz CT molecular complexity index is 243. The third kappa shape index (κ3) is 3.46. The minimum atomic E-state index is 0.170. The van der Waals surface area contributed by atoms with Gasteiger partial charge in [-0.25, -0.2) is 0 Å². The number of carbonyl (C=O) groups excluding carboxylic acids is 1. The molecule has 0 aromatic carbocycles. The van der Waals surface area contributed by atoms with Gasteiger partial charge in [0, 0.05) is 32.1 Å². The van der Waals surface area contributed by atoms with Crippen molar-refractivity contribution in [2.45, 2.75) is 51.4 Å². The summed E-state index contributed by atoms with van der Waals surface area (Å²) in [5.74, 6) is 0.259. The molecule has 0 spiro atoms. The number of nitrogens with one attached hydrogen (secondary N) is 1. The highest BCUT2D eigenvalue weighted by Crippen LogP contribution is 2.18. The average molecular weight is 226 g/mol. The van der Waals surface area contributed by atoms with Crippen LogP contribution in [-0.2, 0) is 9.53 Å². The zero-order valence-corrected chi connectivity index (χ0v) is 10.2. The molecule has 1 N–H and O–H groups in total. The highest BCUT2D eigenvalue weighted by atomic mass is 16.5. The largest absolute Gasteiger partial charge is 0.372 e. The van der Waals surface area contributed by atoms with Crippen LogP contribution in [0.1, 0.15) is 33.1 Å². The van der Waals surface area contributed by atoms with Gasteiger partial charge in [0.15, 0.2) is 0 Å². The van der Waals surface area contributed by atoms with Crippen molar-refractivity contribution in [3.63, 3.8) is 0 Å². The average Bonchev–Trinajstić information content (AvgIpc) is 3.00. The number of hydrogen-bond donors (Lipinski definition) is 1. The molecular weight excluding hydrogens is 204 g/mol. The second kappa shape index (κ2) is 5.15. The second-order valence-electron chi connectivity index (χ2n) is 5.03. The van der Waals surface area contributed by atoms with Crippen LogP contribution in [0.25, 0.3) is 0 Å². The van der Waals surface area contributed by atoms with Crippen LogP contribution in [0.15, 0.2) is 0 Å². The summed E-state index contributed by atoms with van der Waals surface area (Å²) in [5.41, 5.74) is 0. The Balaban J connectivity index is 1.69. The molecule has 1 aliphatic carbocycles. The lowest BCUT2D eigenvalue weighted by Crippen LogP contribution is -2.48. The van der Waals surface area contributed by atoms with Crippen LogP contribution >= 0.6 is 0 Å². The lowest BCUT2D eigenvalue weighted by molar-refractivity contribution is -0.143. The molecular formula is C12H22N2O2. The highest BCUT2D eigenvalue weighted by molar-refractivity contribution is 5.76. The molecule has 92 valence electrons. The maximum absolute atomic E-state index is 11.9. The van der Waals surface area contributed by atoms with Gasteiger partial charge < -0.3 is 15.0 Å². The summed E-state index contributed by atoms with van der Waals surface area (Å²) in [6, 6.07) is 0.690. The first-order valence-electron chi connectivity index (χ1n) is 6.32. The number of morpholine rings is 1. The normalized spacial score (nSPS) is 30.5. The van der Waals surface area contributed by atoms with E-state index in [1.54, 1.807) is 0 Å². The number of amides is 1. The van der Waals surface area contributed by atoms with Crippen LogP contribution in [-0.4, -0.2) is 48.7 Å². The van der Waals surface area contributed by atoms with Crippen LogP contribution < -0.4 is 5.32 Å². The van der Waals surface area contributed by atoms with Gasteiger partial charge >= 0.3 is 0 Å². The van der Waals surface area contributed by atoms with Crippen molar-refractivity contribution in [3.8, 4) is 0 Å². The molecule has 4 heteroatoms. The van der Waals surface area contributed by atoms with Crippen LogP contribution in [0.4, 0.5) is 0 Å². The van der Waals surface area contributed by atoms with E-state index < -0.39 is 0 Å². The number of carbonyl (C=O) groups is 1. The monoisotopic (exact) mass is 226 g/mol. The molecule has 2 fully saturated rings. The molecule has 0 radical (unpaired) electrons. The van der Waals surface area contributed by atoms with Crippen molar-refractivity contribution in [2.24, 2.45) is 0 Å². The van der Waals surface area contributed by atoms with Crippen molar-refractivity contribution in [3.05, 3.63) is 0 Å². The van der Waals surface area contributed by atoms with E-state index in [1.165, 1.54) is 12.8 Å². The van der Waals surface area contributed by atoms with Gasteiger partial charge in [0.05, 0.1) is 12.2 Å². The van der Waals surface area contributed by atoms with Gasteiger partial charge in [-0.3, -0.25) is 4.79 Å². The zero-order valence-electron chi connectivity index (χ0n) is 10.2. The van der Waals surface area contributed by atoms with E-state index in [1.807, 2.05) is 18.7 Å². The summed E-state index contributed by atoms with van der Waals surface area (Å²) >= 11 is 0. The molecule has 2 unspecified atom stereocenters. The molecule has 1 heterocycles. The fraction of sp³-hybridized carbons (Fsp3) is 0.917. The van der Waals surface area contributed by atoms with Crippen molar-refractivity contribution >= 4 is 5.91 Å². The molecule has 2 rings (SSSR count). The number of nitrogens with zero attached hydrogens (tertiary/aromatic N) is 1. The van der Waals surface area contributed by atoms with Crippen molar-refractivity contribution < 1.29 is 9.53 Å². The Morgan fingerprint density at radius 2 is 1.94 bits per heavy atom. The van der Waals surface area contributed by atoms with Gasteiger partial charge in [-0.15, -0.1) is 0 Å². The van der Waals surface area contributed by atoms with E-state index >= 15 is 0 Å². The Labute approximate surface area is 97.3 Å². The minimum absolute atomic E-state index is 0.170. The third-order valence-corrected chi connectivity index (χ3v) is 3.12. The molecule has 2 aliphatic rings. The predicted octanol–water partition coefficient (Wildman–Crippen LogP) is 0.764. The van der Waals surface area contributed by atoms with Crippen molar-refractivity contribution in [2.75, 3.05) is 19.6 Å². The van der Waals surface area contributed by atoms with Crippen LogP contribution in [0.3, 0.4) is 0 Å². The van der Waals surface area contributed by atoms with E-state index in [4.69, 9.17) is 4.74 Å². The number of ether oxygens (including phenoxy) is 1. The van der Waals surface area contributed by atoms with Crippen molar-refractivity contribution in [1.29, 1.82) is 0 Å². The Hall–Kier alpha value is -0.610. The predicted molar refractivity (Wildman–Crippen MR) is 62.2 cm³/mol. The second-order valence-corrected chi connectivity index (χ2v) is 5.03. The van der Waals surface area contributed by atoms with Crippen LogP contribution in [0.2, 0.25) is 0 Å². The summed E-state index contributed by atoms with van der Waals surface area (Å²) in [4.78, 5) is 13.9. The standard InChI is InChI=1S/C12H22N2O2/c1-9-7-14(8-10(2)16-9)12(15)5-6-13-11-3-4-11/h9-11,13H,3-8H2,1-2H3. The van der Waals surface area contributed by atoms with Gasteiger partial charge in [0.1, 0.15) is 0 Å².